The van der Waals surface area contributed by atoms with Crippen LogP contribution in [0.3, 0.4) is 0 Å². The van der Waals surface area contributed by atoms with Crippen molar-refractivity contribution >= 4 is 11.3 Å². The van der Waals surface area contributed by atoms with E-state index in [4.69, 9.17) is 4.98 Å². The minimum absolute atomic E-state index is 0.294. The fraction of sp³-hybridized carbons (Fsp3) is 0.375. The second-order valence-electron chi connectivity index (χ2n) is 5.34. The summed E-state index contributed by atoms with van der Waals surface area (Å²) in [4.78, 5) is 5.99. The van der Waals surface area contributed by atoms with E-state index in [-0.39, 0.29) is 5.41 Å². The summed E-state index contributed by atoms with van der Waals surface area (Å²) in [6, 6.07) is 10.9. The predicted molar refractivity (Wildman–Crippen MR) is 78.2 cm³/mol. The first-order chi connectivity index (χ1) is 9.14. The van der Waals surface area contributed by atoms with E-state index in [9.17, 15) is 5.26 Å². The molecule has 3 heteroatoms. The van der Waals surface area contributed by atoms with Crippen LogP contribution in [0.5, 0.6) is 0 Å². The van der Waals surface area contributed by atoms with Crippen LogP contribution in [0.2, 0.25) is 0 Å². The molecule has 19 heavy (non-hydrogen) atoms. The zero-order valence-corrected chi connectivity index (χ0v) is 12.0. The molecule has 2 aromatic rings. The molecule has 1 fully saturated rings. The Morgan fingerprint density at radius 2 is 2.11 bits per heavy atom. The van der Waals surface area contributed by atoms with E-state index in [1.165, 1.54) is 10.4 Å². The van der Waals surface area contributed by atoms with Crippen molar-refractivity contribution in [2.24, 2.45) is 0 Å². The van der Waals surface area contributed by atoms with Gasteiger partial charge in [0.25, 0.3) is 0 Å². The van der Waals surface area contributed by atoms with Gasteiger partial charge in [-0.25, -0.2) is 4.98 Å². The molecule has 0 unspecified atom stereocenters. The molecule has 0 atom stereocenters. The zero-order valence-electron chi connectivity index (χ0n) is 11.2. The Bertz CT molecular complexity index is 660. The van der Waals surface area contributed by atoms with Crippen molar-refractivity contribution in [1.82, 2.24) is 4.98 Å². The highest BCUT2D eigenvalue weighted by Gasteiger charge is 2.42. The summed E-state index contributed by atoms with van der Waals surface area (Å²) in [5.74, 6) is 0. The van der Waals surface area contributed by atoms with Gasteiger partial charge in [-0.15, -0.1) is 11.3 Å². The Hall–Kier alpha value is -1.66. The molecule has 0 amide bonds. The van der Waals surface area contributed by atoms with Gasteiger partial charge in [0.05, 0.1) is 11.8 Å². The van der Waals surface area contributed by atoms with Crippen LogP contribution < -0.4 is 0 Å². The Labute approximate surface area is 117 Å². The molecule has 0 spiro atoms. The molecule has 1 aromatic carbocycles. The van der Waals surface area contributed by atoms with Gasteiger partial charge in [0.2, 0.25) is 0 Å². The highest BCUT2D eigenvalue weighted by Crippen LogP contribution is 2.46. The van der Waals surface area contributed by atoms with E-state index >= 15 is 0 Å². The Kier molecular flexibility index (Phi) is 2.91. The summed E-state index contributed by atoms with van der Waals surface area (Å²) in [5, 5.41) is 10.4. The molecule has 3 rings (SSSR count). The number of rotatable bonds is 2. The molecule has 0 N–H and O–H groups in total. The van der Waals surface area contributed by atoms with Gasteiger partial charge < -0.3 is 0 Å². The number of aromatic nitrogens is 1. The Morgan fingerprint density at radius 1 is 1.32 bits per heavy atom. The molecule has 0 aliphatic heterocycles. The molecule has 1 aliphatic rings. The molecule has 0 saturated heterocycles. The van der Waals surface area contributed by atoms with Gasteiger partial charge in [0.15, 0.2) is 0 Å². The fourth-order valence-corrected chi connectivity index (χ4v) is 3.70. The number of hydrogen-bond acceptors (Lipinski definition) is 3. The molecule has 1 aliphatic carbocycles. The van der Waals surface area contributed by atoms with Crippen LogP contribution in [0.1, 0.15) is 34.7 Å². The minimum Gasteiger partial charge on any atom is -0.239 e. The van der Waals surface area contributed by atoms with Crippen molar-refractivity contribution in [3.8, 4) is 17.3 Å². The molecule has 1 heterocycles. The maximum absolute atomic E-state index is 9.42. The Morgan fingerprint density at radius 3 is 2.68 bits per heavy atom. The van der Waals surface area contributed by atoms with E-state index in [2.05, 4.69) is 44.2 Å². The first-order valence-electron chi connectivity index (χ1n) is 6.61. The number of benzene rings is 1. The largest absolute Gasteiger partial charge is 0.239 e. The number of aryl methyl sites for hydroxylation is 2. The van der Waals surface area contributed by atoms with Crippen molar-refractivity contribution < 1.29 is 0 Å². The molecular formula is C16H16N2S. The number of thiazole rings is 1. The third kappa shape index (κ3) is 1.97. The Balaban J connectivity index is 2.05. The smallest absolute Gasteiger partial charge is 0.114 e. The summed E-state index contributed by atoms with van der Waals surface area (Å²) in [6.45, 7) is 4.19. The SMILES string of the molecule is Cc1cccc(-c2nc(C3(C#N)CCC3)sc2C)c1. The minimum atomic E-state index is -0.294. The lowest BCUT2D eigenvalue weighted by atomic mass is 9.70. The molecule has 0 radical (unpaired) electrons. The first kappa shape index (κ1) is 12.4. The molecular weight excluding hydrogens is 252 g/mol. The highest BCUT2D eigenvalue weighted by atomic mass is 32.1. The van der Waals surface area contributed by atoms with Gasteiger partial charge in [0, 0.05) is 10.4 Å². The number of nitrogens with zero attached hydrogens (tertiary/aromatic N) is 2. The van der Waals surface area contributed by atoms with Crippen molar-refractivity contribution in [2.75, 3.05) is 0 Å². The zero-order chi connectivity index (χ0) is 13.5. The molecule has 2 nitrogen and oxygen atoms in total. The normalized spacial score (nSPS) is 16.7. The van der Waals surface area contributed by atoms with E-state index in [1.807, 2.05) is 0 Å². The molecule has 0 bridgehead atoms. The van der Waals surface area contributed by atoms with Gasteiger partial charge in [-0.3, -0.25) is 0 Å². The number of hydrogen-bond donors (Lipinski definition) is 0. The van der Waals surface area contributed by atoms with Crippen LogP contribution in [0.25, 0.3) is 11.3 Å². The van der Waals surface area contributed by atoms with Gasteiger partial charge in [-0.05, 0) is 39.2 Å². The summed E-state index contributed by atoms with van der Waals surface area (Å²) < 4.78 is 0. The maximum Gasteiger partial charge on any atom is 0.114 e. The van der Waals surface area contributed by atoms with E-state index in [1.54, 1.807) is 11.3 Å². The lowest BCUT2D eigenvalue weighted by Crippen LogP contribution is -2.32. The van der Waals surface area contributed by atoms with Crippen molar-refractivity contribution in [3.63, 3.8) is 0 Å². The third-order valence-electron chi connectivity index (χ3n) is 3.92. The average molecular weight is 268 g/mol. The van der Waals surface area contributed by atoms with Gasteiger partial charge in [0.1, 0.15) is 10.4 Å². The van der Waals surface area contributed by atoms with Gasteiger partial charge in [-0.2, -0.15) is 5.26 Å². The van der Waals surface area contributed by atoms with Gasteiger partial charge >= 0.3 is 0 Å². The highest BCUT2D eigenvalue weighted by molar-refractivity contribution is 7.12. The quantitative estimate of drug-likeness (QED) is 0.810. The van der Waals surface area contributed by atoms with Crippen LogP contribution in [-0.2, 0) is 5.41 Å². The topological polar surface area (TPSA) is 36.7 Å². The molecule has 1 saturated carbocycles. The lowest BCUT2D eigenvalue weighted by molar-refractivity contribution is 0.323. The monoisotopic (exact) mass is 268 g/mol. The predicted octanol–water partition coefficient (Wildman–Crippen LogP) is 4.37. The average Bonchev–Trinajstić information content (AvgIpc) is 2.71. The summed E-state index contributed by atoms with van der Waals surface area (Å²) in [7, 11) is 0. The van der Waals surface area contributed by atoms with E-state index < -0.39 is 0 Å². The standard InChI is InChI=1S/C16H16N2S/c1-11-5-3-6-13(9-11)14-12(2)19-15(18-14)16(10-17)7-4-8-16/h3,5-6,9H,4,7-8H2,1-2H3. The van der Waals surface area contributed by atoms with Crippen LogP contribution >= 0.6 is 11.3 Å². The third-order valence-corrected chi connectivity index (χ3v) is 5.09. The van der Waals surface area contributed by atoms with Crippen molar-refractivity contribution in [3.05, 3.63) is 39.7 Å². The molecule has 96 valence electrons. The second-order valence-corrected chi connectivity index (χ2v) is 6.54. The summed E-state index contributed by atoms with van der Waals surface area (Å²) in [6.07, 6.45) is 3.07. The maximum atomic E-state index is 9.42. The van der Waals surface area contributed by atoms with Crippen molar-refractivity contribution in [2.45, 2.75) is 38.5 Å². The van der Waals surface area contributed by atoms with E-state index in [0.29, 0.717) is 0 Å². The lowest BCUT2D eigenvalue weighted by Gasteiger charge is -2.32. The van der Waals surface area contributed by atoms with Crippen LogP contribution in [-0.4, -0.2) is 4.98 Å². The van der Waals surface area contributed by atoms with Crippen LogP contribution in [0, 0.1) is 25.2 Å². The summed E-state index contributed by atoms with van der Waals surface area (Å²) >= 11 is 1.69. The second kappa shape index (κ2) is 4.47. The van der Waals surface area contributed by atoms with Crippen LogP contribution in [0.4, 0.5) is 0 Å². The fourth-order valence-electron chi connectivity index (χ4n) is 2.57. The first-order valence-corrected chi connectivity index (χ1v) is 7.42. The summed E-state index contributed by atoms with van der Waals surface area (Å²) in [5.41, 5.74) is 3.15. The van der Waals surface area contributed by atoms with Crippen LogP contribution in [0.15, 0.2) is 24.3 Å². The van der Waals surface area contributed by atoms with E-state index in [0.717, 1.165) is 35.5 Å². The number of nitriles is 1. The molecule has 1 aromatic heterocycles. The van der Waals surface area contributed by atoms with Gasteiger partial charge in [-0.1, -0.05) is 23.8 Å². The van der Waals surface area contributed by atoms with Crippen molar-refractivity contribution in [1.29, 1.82) is 5.26 Å².